The lowest BCUT2D eigenvalue weighted by Crippen LogP contribution is -2.25. The van der Waals surface area contributed by atoms with Crippen molar-refractivity contribution in [3.63, 3.8) is 0 Å². The fourth-order valence-electron chi connectivity index (χ4n) is 2.24. The second kappa shape index (κ2) is 8.97. The van der Waals surface area contributed by atoms with Gasteiger partial charge in [0.05, 0.1) is 9.79 Å². The van der Waals surface area contributed by atoms with Crippen molar-refractivity contribution in [1.29, 1.82) is 0 Å². The predicted molar refractivity (Wildman–Crippen MR) is 112 cm³/mol. The summed E-state index contributed by atoms with van der Waals surface area (Å²) in [4.78, 5) is 23.4. The first-order chi connectivity index (χ1) is 14.2. The molecule has 0 amide bonds. The molecule has 0 bridgehead atoms. The highest BCUT2D eigenvalue weighted by Crippen LogP contribution is 2.25. The van der Waals surface area contributed by atoms with Gasteiger partial charge in [0.2, 0.25) is 9.84 Å². The van der Waals surface area contributed by atoms with Crippen LogP contribution < -0.4 is 9.47 Å². The molecule has 0 aliphatic heterocycles. The number of sulfone groups is 1. The van der Waals surface area contributed by atoms with Crippen molar-refractivity contribution in [1.82, 2.24) is 0 Å². The number of carbonyl (C=O) groups excluding carboxylic acids is 2. The molecular formula is C22H26O8S. The van der Waals surface area contributed by atoms with Gasteiger partial charge in [0, 0.05) is 0 Å². The molecular weight excluding hydrogens is 424 g/mol. The highest BCUT2D eigenvalue weighted by molar-refractivity contribution is 7.91. The molecule has 2 aromatic rings. The van der Waals surface area contributed by atoms with E-state index in [2.05, 4.69) is 0 Å². The van der Waals surface area contributed by atoms with Gasteiger partial charge < -0.3 is 18.9 Å². The molecule has 0 aromatic heterocycles. The molecule has 0 radical (unpaired) electrons. The van der Waals surface area contributed by atoms with E-state index in [1.54, 1.807) is 41.5 Å². The van der Waals surface area contributed by atoms with Crippen LogP contribution in [0.1, 0.15) is 41.5 Å². The number of ether oxygens (including phenoxy) is 4. The molecule has 0 spiro atoms. The predicted octanol–water partition coefficient (Wildman–Crippen LogP) is 5.15. The Bertz CT molecular complexity index is 945. The Morgan fingerprint density at radius 1 is 0.613 bits per heavy atom. The molecule has 168 valence electrons. The standard InChI is InChI=1S/C22H26O8S/c1-21(2,3)29-19(23)27-15-7-11-17(12-8-15)31(25,26)18-13-9-16(10-14-18)28-20(24)30-22(4,5)6/h7-14H,1-6H3. The van der Waals surface area contributed by atoms with Crippen LogP contribution in [0.25, 0.3) is 0 Å². The zero-order valence-electron chi connectivity index (χ0n) is 18.3. The number of hydrogen-bond donors (Lipinski definition) is 0. The SMILES string of the molecule is CC(C)(C)OC(=O)Oc1ccc(S(=O)(=O)c2ccc(OC(=O)OC(C)(C)C)cc2)cc1. The molecule has 0 saturated heterocycles. The Morgan fingerprint density at radius 3 is 1.16 bits per heavy atom. The fourth-order valence-corrected chi connectivity index (χ4v) is 3.50. The molecule has 0 fully saturated rings. The van der Waals surface area contributed by atoms with E-state index in [4.69, 9.17) is 18.9 Å². The number of benzene rings is 2. The zero-order valence-corrected chi connectivity index (χ0v) is 19.1. The summed E-state index contributed by atoms with van der Waals surface area (Å²) >= 11 is 0. The summed E-state index contributed by atoms with van der Waals surface area (Å²) in [6, 6.07) is 10.7. The van der Waals surface area contributed by atoms with Crippen LogP contribution in [0.15, 0.2) is 58.3 Å². The topological polar surface area (TPSA) is 105 Å². The normalized spacial score (nSPS) is 12.1. The molecule has 0 saturated carbocycles. The maximum atomic E-state index is 12.8. The third-order valence-electron chi connectivity index (χ3n) is 3.45. The highest BCUT2D eigenvalue weighted by atomic mass is 32.2. The smallest absolute Gasteiger partial charge is 0.428 e. The van der Waals surface area contributed by atoms with Crippen LogP contribution in [0.4, 0.5) is 9.59 Å². The van der Waals surface area contributed by atoms with Crippen LogP contribution in [0.3, 0.4) is 0 Å². The number of rotatable bonds is 4. The Hall–Kier alpha value is -3.07. The van der Waals surface area contributed by atoms with Crippen molar-refractivity contribution in [2.45, 2.75) is 62.5 Å². The van der Waals surface area contributed by atoms with Crippen LogP contribution in [0.5, 0.6) is 11.5 Å². The van der Waals surface area contributed by atoms with Crippen LogP contribution in [-0.4, -0.2) is 31.9 Å². The van der Waals surface area contributed by atoms with Gasteiger partial charge in [-0.05, 0) is 90.1 Å². The van der Waals surface area contributed by atoms with Gasteiger partial charge in [-0.3, -0.25) is 0 Å². The molecule has 0 N–H and O–H groups in total. The minimum atomic E-state index is -3.83. The van der Waals surface area contributed by atoms with Gasteiger partial charge in [-0.25, -0.2) is 18.0 Å². The third kappa shape index (κ3) is 7.60. The van der Waals surface area contributed by atoms with Gasteiger partial charge in [0.25, 0.3) is 0 Å². The Kier molecular flexibility index (Phi) is 7.00. The first kappa shape index (κ1) is 24.2. The molecule has 8 nitrogen and oxygen atoms in total. The van der Waals surface area contributed by atoms with E-state index < -0.39 is 33.4 Å². The number of carbonyl (C=O) groups is 2. The van der Waals surface area contributed by atoms with E-state index >= 15 is 0 Å². The summed E-state index contributed by atoms with van der Waals surface area (Å²) < 4.78 is 45.8. The van der Waals surface area contributed by atoms with E-state index in [1.807, 2.05) is 0 Å². The minimum Gasteiger partial charge on any atom is -0.428 e. The Morgan fingerprint density at radius 2 is 0.903 bits per heavy atom. The van der Waals surface area contributed by atoms with Crippen molar-refractivity contribution in [3.05, 3.63) is 48.5 Å². The van der Waals surface area contributed by atoms with Crippen molar-refractivity contribution in [2.75, 3.05) is 0 Å². The average Bonchev–Trinajstić information content (AvgIpc) is 2.59. The molecule has 9 heteroatoms. The van der Waals surface area contributed by atoms with Crippen LogP contribution >= 0.6 is 0 Å². The molecule has 2 rings (SSSR count). The fraction of sp³-hybridized carbons (Fsp3) is 0.364. The van der Waals surface area contributed by atoms with Gasteiger partial charge >= 0.3 is 12.3 Å². The van der Waals surface area contributed by atoms with Crippen LogP contribution in [0.2, 0.25) is 0 Å². The molecule has 0 aliphatic rings. The second-order valence-corrected chi connectivity index (χ2v) is 10.5. The molecule has 0 unspecified atom stereocenters. The molecule has 2 aromatic carbocycles. The van der Waals surface area contributed by atoms with Gasteiger partial charge in [-0.15, -0.1) is 0 Å². The monoisotopic (exact) mass is 450 g/mol. The number of hydrogen-bond acceptors (Lipinski definition) is 8. The first-order valence-electron chi connectivity index (χ1n) is 9.43. The molecule has 0 heterocycles. The summed E-state index contributed by atoms with van der Waals surface area (Å²) in [6.45, 7) is 10.2. The van der Waals surface area contributed by atoms with Crippen molar-refractivity contribution in [3.8, 4) is 11.5 Å². The molecule has 31 heavy (non-hydrogen) atoms. The average molecular weight is 451 g/mol. The van der Waals surface area contributed by atoms with E-state index in [0.29, 0.717) is 0 Å². The Labute approximate surface area is 182 Å². The maximum absolute atomic E-state index is 12.8. The second-order valence-electron chi connectivity index (χ2n) is 8.58. The van der Waals surface area contributed by atoms with Crippen molar-refractivity contribution in [2.24, 2.45) is 0 Å². The Balaban J connectivity index is 2.09. The lowest BCUT2D eigenvalue weighted by Gasteiger charge is -2.18. The van der Waals surface area contributed by atoms with Crippen molar-refractivity contribution < 1.29 is 37.0 Å². The van der Waals surface area contributed by atoms with Gasteiger partial charge in [0.1, 0.15) is 22.7 Å². The summed E-state index contributed by atoms with van der Waals surface area (Å²) in [5, 5.41) is 0. The van der Waals surface area contributed by atoms with Crippen LogP contribution in [-0.2, 0) is 19.3 Å². The molecule has 0 aliphatic carbocycles. The largest absolute Gasteiger partial charge is 0.514 e. The maximum Gasteiger partial charge on any atom is 0.514 e. The van der Waals surface area contributed by atoms with Gasteiger partial charge in [-0.1, -0.05) is 0 Å². The van der Waals surface area contributed by atoms with Crippen molar-refractivity contribution >= 4 is 22.1 Å². The molecule has 0 atom stereocenters. The summed E-state index contributed by atoms with van der Waals surface area (Å²) in [5.41, 5.74) is -1.42. The third-order valence-corrected chi connectivity index (χ3v) is 5.24. The van der Waals surface area contributed by atoms with E-state index in [-0.39, 0.29) is 21.3 Å². The van der Waals surface area contributed by atoms with Gasteiger partial charge in [-0.2, -0.15) is 0 Å². The summed E-state index contributed by atoms with van der Waals surface area (Å²) in [6.07, 6.45) is -1.77. The van der Waals surface area contributed by atoms with E-state index in [9.17, 15) is 18.0 Å². The summed E-state index contributed by atoms with van der Waals surface area (Å²) in [5.74, 6) is 0.295. The zero-order chi connectivity index (χ0) is 23.4. The van der Waals surface area contributed by atoms with Crippen LogP contribution in [0, 0.1) is 0 Å². The lowest BCUT2D eigenvalue weighted by molar-refractivity contribution is 0.0193. The summed E-state index contributed by atoms with van der Waals surface area (Å²) in [7, 11) is -3.83. The highest BCUT2D eigenvalue weighted by Gasteiger charge is 2.21. The van der Waals surface area contributed by atoms with E-state index in [1.165, 1.54) is 48.5 Å². The first-order valence-corrected chi connectivity index (χ1v) is 10.9. The van der Waals surface area contributed by atoms with E-state index in [0.717, 1.165) is 0 Å². The minimum absolute atomic E-state index is 0.00449. The van der Waals surface area contributed by atoms with Gasteiger partial charge in [0.15, 0.2) is 0 Å². The quantitative estimate of drug-likeness (QED) is 0.465. The lowest BCUT2D eigenvalue weighted by atomic mass is 10.2.